The average molecular weight is 356 g/mol. The summed E-state index contributed by atoms with van der Waals surface area (Å²) in [5, 5.41) is 3.57. The molecule has 0 saturated carbocycles. The Kier molecular flexibility index (Phi) is 5.40. The number of nitrogens with one attached hydrogen (secondary N) is 1. The summed E-state index contributed by atoms with van der Waals surface area (Å²) in [5.41, 5.74) is 0.289. The molecule has 0 spiro atoms. The van der Waals surface area contributed by atoms with Crippen molar-refractivity contribution >= 4 is 35.1 Å². The van der Waals surface area contributed by atoms with E-state index in [1.54, 1.807) is 41.6 Å². The molecular formula is C18H13FN2OS2. The molecule has 0 fully saturated rings. The van der Waals surface area contributed by atoms with Gasteiger partial charge in [-0.05, 0) is 48.5 Å². The van der Waals surface area contributed by atoms with Gasteiger partial charge in [0.15, 0.2) is 0 Å². The molecule has 1 N–H and O–H groups in total. The van der Waals surface area contributed by atoms with Crippen LogP contribution >= 0.6 is 23.1 Å². The van der Waals surface area contributed by atoms with Gasteiger partial charge in [-0.15, -0.1) is 11.3 Å². The van der Waals surface area contributed by atoms with E-state index in [4.69, 9.17) is 0 Å². The lowest BCUT2D eigenvalue weighted by Crippen LogP contribution is -2.16. The third-order valence-electron chi connectivity index (χ3n) is 2.99. The topological polar surface area (TPSA) is 42.0 Å². The third kappa shape index (κ3) is 4.53. The van der Waals surface area contributed by atoms with E-state index in [0.717, 1.165) is 14.1 Å². The van der Waals surface area contributed by atoms with Gasteiger partial charge in [-0.25, -0.2) is 9.37 Å². The molecule has 24 heavy (non-hydrogen) atoms. The van der Waals surface area contributed by atoms with E-state index in [2.05, 4.69) is 10.3 Å². The molecule has 0 saturated heterocycles. The maximum atomic E-state index is 13.1. The van der Waals surface area contributed by atoms with Gasteiger partial charge in [0.2, 0.25) is 0 Å². The second-order valence-electron chi connectivity index (χ2n) is 4.74. The zero-order chi connectivity index (χ0) is 16.8. The van der Waals surface area contributed by atoms with Crippen molar-refractivity contribution in [3.63, 3.8) is 0 Å². The number of halogens is 1. The number of thiophene rings is 1. The molecule has 0 radical (unpaired) electrons. The average Bonchev–Trinajstić information content (AvgIpc) is 3.03. The van der Waals surface area contributed by atoms with Gasteiger partial charge in [0.25, 0.3) is 5.91 Å². The SMILES string of the molecule is O=C(N/C=C/c1ccc(Sc2ccccn2)s1)c1cccc(F)c1. The van der Waals surface area contributed by atoms with Gasteiger partial charge in [0.1, 0.15) is 10.8 Å². The van der Waals surface area contributed by atoms with Crippen LogP contribution in [0.25, 0.3) is 6.08 Å². The summed E-state index contributed by atoms with van der Waals surface area (Å²) in [5.74, 6) is -0.772. The number of carbonyl (C=O) groups is 1. The molecule has 0 bridgehead atoms. The molecule has 2 heterocycles. The summed E-state index contributed by atoms with van der Waals surface area (Å²) in [4.78, 5) is 17.2. The zero-order valence-electron chi connectivity index (χ0n) is 12.5. The Hall–Kier alpha value is -2.44. The maximum Gasteiger partial charge on any atom is 0.255 e. The number of rotatable bonds is 5. The predicted octanol–water partition coefficient (Wildman–Crippen LogP) is 4.83. The van der Waals surface area contributed by atoms with Crippen LogP contribution in [0.5, 0.6) is 0 Å². The number of aromatic nitrogens is 1. The largest absolute Gasteiger partial charge is 0.329 e. The van der Waals surface area contributed by atoms with Gasteiger partial charge >= 0.3 is 0 Å². The Labute approximate surface area is 147 Å². The molecule has 0 aliphatic carbocycles. The minimum Gasteiger partial charge on any atom is -0.329 e. The third-order valence-corrected chi connectivity index (χ3v) is 5.13. The van der Waals surface area contributed by atoms with Gasteiger partial charge in [-0.1, -0.05) is 23.9 Å². The zero-order valence-corrected chi connectivity index (χ0v) is 14.1. The van der Waals surface area contributed by atoms with Gasteiger partial charge in [-0.2, -0.15) is 0 Å². The lowest BCUT2D eigenvalue weighted by molar-refractivity contribution is 0.0970. The van der Waals surface area contributed by atoms with Crippen LogP contribution in [0.3, 0.4) is 0 Å². The molecule has 0 aliphatic rings. The minimum absolute atomic E-state index is 0.289. The standard InChI is InChI=1S/C18H13FN2OS2/c19-14-5-3-4-13(12-14)18(22)21-11-9-15-7-8-17(23-15)24-16-6-1-2-10-20-16/h1-12H,(H,21,22)/b11-9+. The van der Waals surface area contributed by atoms with Crippen LogP contribution in [-0.4, -0.2) is 10.9 Å². The Morgan fingerprint density at radius 2 is 2.08 bits per heavy atom. The maximum absolute atomic E-state index is 13.1. The van der Waals surface area contributed by atoms with E-state index in [0.29, 0.717) is 0 Å². The summed E-state index contributed by atoms with van der Waals surface area (Å²) >= 11 is 3.19. The van der Waals surface area contributed by atoms with E-state index >= 15 is 0 Å². The van der Waals surface area contributed by atoms with Crippen LogP contribution < -0.4 is 5.32 Å². The highest BCUT2D eigenvalue weighted by atomic mass is 32.2. The second-order valence-corrected chi connectivity index (χ2v) is 7.18. The summed E-state index contributed by atoms with van der Waals surface area (Å²) in [7, 11) is 0. The molecule has 2 aromatic heterocycles. The Morgan fingerprint density at radius 1 is 1.17 bits per heavy atom. The van der Waals surface area contributed by atoms with Crippen molar-refractivity contribution in [1.82, 2.24) is 10.3 Å². The van der Waals surface area contributed by atoms with Gasteiger partial charge in [0, 0.05) is 22.8 Å². The fourth-order valence-electron chi connectivity index (χ4n) is 1.90. The van der Waals surface area contributed by atoms with E-state index in [9.17, 15) is 9.18 Å². The second kappa shape index (κ2) is 7.90. The Bertz CT molecular complexity index is 862. The first-order chi connectivity index (χ1) is 11.7. The molecule has 0 atom stereocenters. The first-order valence-corrected chi connectivity index (χ1v) is 8.76. The number of amides is 1. The summed E-state index contributed by atoms with van der Waals surface area (Å²) in [6.07, 6.45) is 5.14. The summed E-state index contributed by atoms with van der Waals surface area (Å²) < 4.78 is 14.2. The normalized spacial score (nSPS) is 10.9. The van der Waals surface area contributed by atoms with Gasteiger partial charge in [0.05, 0.1) is 4.21 Å². The lowest BCUT2D eigenvalue weighted by atomic mass is 10.2. The highest BCUT2D eigenvalue weighted by molar-refractivity contribution is 8.01. The number of hydrogen-bond donors (Lipinski definition) is 1. The van der Waals surface area contributed by atoms with Crippen LogP contribution in [0.15, 0.2) is 76.2 Å². The molecule has 0 unspecified atom stereocenters. The van der Waals surface area contributed by atoms with Gasteiger partial charge < -0.3 is 5.32 Å². The molecular weight excluding hydrogens is 343 g/mol. The quantitative estimate of drug-likeness (QED) is 0.712. The number of hydrogen-bond acceptors (Lipinski definition) is 4. The molecule has 1 aromatic carbocycles. The van der Waals surface area contributed by atoms with Crippen molar-refractivity contribution < 1.29 is 9.18 Å². The summed E-state index contributed by atoms with van der Waals surface area (Å²) in [6.45, 7) is 0. The van der Waals surface area contributed by atoms with Crippen LogP contribution in [-0.2, 0) is 0 Å². The fraction of sp³-hybridized carbons (Fsp3) is 0. The minimum atomic E-state index is -0.430. The van der Waals surface area contributed by atoms with Crippen molar-refractivity contribution in [2.45, 2.75) is 9.24 Å². The first kappa shape index (κ1) is 16.4. The molecule has 120 valence electrons. The van der Waals surface area contributed by atoms with E-state index in [1.165, 1.54) is 18.2 Å². The number of pyridine rings is 1. The first-order valence-electron chi connectivity index (χ1n) is 7.12. The van der Waals surface area contributed by atoms with Crippen molar-refractivity contribution in [3.8, 4) is 0 Å². The van der Waals surface area contributed by atoms with Crippen molar-refractivity contribution in [1.29, 1.82) is 0 Å². The number of carbonyl (C=O) groups excluding carboxylic acids is 1. The molecule has 1 amide bonds. The monoisotopic (exact) mass is 356 g/mol. The van der Waals surface area contributed by atoms with Crippen LogP contribution in [0.1, 0.15) is 15.2 Å². The molecule has 6 heteroatoms. The predicted molar refractivity (Wildman–Crippen MR) is 95.6 cm³/mol. The number of benzene rings is 1. The highest BCUT2D eigenvalue weighted by Crippen LogP contribution is 2.32. The van der Waals surface area contributed by atoms with Gasteiger partial charge in [-0.3, -0.25) is 4.79 Å². The Morgan fingerprint density at radius 3 is 2.88 bits per heavy atom. The summed E-state index contributed by atoms with van der Waals surface area (Å²) in [6, 6.07) is 15.4. The van der Waals surface area contributed by atoms with E-state index in [-0.39, 0.29) is 11.5 Å². The Balaban J connectivity index is 1.58. The highest BCUT2D eigenvalue weighted by Gasteiger charge is 2.04. The number of nitrogens with zero attached hydrogens (tertiary/aromatic N) is 1. The smallest absolute Gasteiger partial charge is 0.255 e. The van der Waals surface area contributed by atoms with Crippen LogP contribution in [0.4, 0.5) is 4.39 Å². The van der Waals surface area contributed by atoms with E-state index in [1.807, 2.05) is 36.4 Å². The van der Waals surface area contributed by atoms with Crippen molar-refractivity contribution in [2.24, 2.45) is 0 Å². The molecule has 0 aliphatic heterocycles. The van der Waals surface area contributed by atoms with E-state index < -0.39 is 5.82 Å². The van der Waals surface area contributed by atoms with Crippen molar-refractivity contribution in [3.05, 3.63) is 83.3 Å². The lowest BCUT2D eigenvalue weighted by Gasteiger charge is -1.99. The molecule has 3 nitrogen and oxygen atoms in total. The van der Waals surface area contributed by atoms with Crippen LogP contribution in [0, 0.1) is 5.82 Å². The molecule has 3 aromatic rings. The fourth-order valence-corrected chi connectivity index (χ4v) is 3.86. The van der Waals surface area contributed by atoms with Crippen molar-refractivity contribution in [2.75, 3.05) is 0 Å². The molecule has 3 rings (SSSR count). The van der Waals surface area contributed by atoms with Crippen LogP contribution in [0.2, 0.25) is 0 Å².